The Balaban J connectivity index is 2.04. The zero-order chi connectivity index (χ0) is 11.1. The van der Waals surface area contributed by atoms with Crippen LogP contribution in [0.1, 0.15) is 13.8 Å². The van der Waals surface area contributed by atoms with Gasteiger partial charge in [0.25, 0.3) is 0 Å². The Morgan fingerprint density at radius 3 is 2.67 bits per heavy atom. The Kier molecular flexibility index (Phi) is 2.64. The molecule has 5 nitrogen and oxygen atoms in total. The number of allylic oxidation sites excluding steroid dienone is 1. The predicted molar refractivity (Wildman–Crippen MR) is 49.9 cm³/mol. The monoisotopic (exact) mass is 214 g/mol. The number of fused-ring (bicyclic) bond motifs is 1. The summed E-state index contributed by atoms with van der Waals surface area (Å²) >= 11 is 0. The fourth-order valence-corrected chi connectivity index (χ4v) is 1.83. The van der Waals surface area contributed by atoms with Gasteiger partial charge in [-0.2, -0.15) is 0 Å². The molecule has 0 amide bonds. The number of rotatable bonds is 2. The molecule has 84 valence electrons. The van der Waals surface area contributed by atoms with Crippen LogP contribution in [0.2, 0.25) is 0 Å². The summed E-state index contributed by atoms with van der Waals surface area (Å²) in [6, 6.07) is 0. The molecule has 2 heterocycles. The summed E-state index contributed by atoms with van der Waals surface area (Å²) in [7, 11) is 0. The van der Waals surface area contributed by atoms with Crippen LogP contribution < -0.4 is 0 Å². The largest absolute Gasteiger partial charge is 0.387 e. The summed E-state index contributed by atoms with van der Waals surface area (Å²) in [6.45, 7) is 3.52. The third-order valence-electron chi connectivity index (χ3n) is 2.43. The maximum absolute atomic E-state index is 10.1. The highest BCUT2D eigenvalue weighted by molar-refractivity contribution is 5.64. The van der Waals surface area contributed by atoms with E-state index in [2.05, 4.69) is 0 Å². The average Bonchev–Trinajstić information content (AvgIpc) is 2.58. The zero-order valence-electron chi connectivity index (χ0n) is 8.62. The van der Waals surface area contributed by atoms with Crippen molar-refractivity contribution in [3.63, 3.8) is 0 Å². The number of carbonyl (C=O) groups excluding carboxylic acids is 1. The lowest BCUT2D eigenvalue weighted by Gasteiger charge is -2.21. The van der Waals surface area contributed by atoms with Crippen molar-refractivity contribution in [1.29, 1.82) is 0 Å². The first-order valence-electron chi connectivity index (χ1n) is 4.84. The van der Waals surface area contributed by atoms with Crippen LogP contribution in [0.3, 0.4) is 0 Å². The molecule has 0 bridgehead atoms. The zero-order valence-corrected chi connectivity index (χ0v) is 8.62. The van der Waals surface area contributed by atoms with E-state index in [-0.39, 0.29) is 0 Å². The third-order valence-corrected chi connectivity index (χ3v) is 2.43. The standard InChI is InChI=1S/C10H14O5/c1-10(2)14-8-7(12)6(4-3-5-11)13-9(8)15-10/h3-9,12H,1-2H3/b4-3+/t6-,7-,8-,9-/m1/s1. The molecule has 0 radical (unpaired) electrons. The SMILES string of the molecule is CC1(C)O[C@H]2O[C@H](/C=C/C=O)[C@@H](O)[C@H]2O1. The quantitative estimate of drug-likeness (QED) is 0.517. The molecule has 2 fully saturated rings. The Bertz CT molecular complexity index is 286. The molecule has 0 aromatic heterocycles. The van der Waals surface area contributed by atoms with Gasteiger partial charge in [0, 0.05) is 0 Å². The minimum absolute atomic E-state index is 0.485. The Labute approximate surface area is 87.6 Å². The average molecular weight is 214 g/mol. The van der Waals surface area contributed by atoms with Crippen LogP contribution in [0.4, 0.5) is 0 Å². The topological polar surface area (TPSA) is 65.0 Å². The molecule has 2 rings (SSSR count). The van der Waals surface area contributed by atoms with E-state index >= 15 is 0 Å². The summed E-state index contributed by atoms with van der Waals surface area (Å²) < 4.78 is 16.3. The van der Waals surface area contributed by atoms with E-state index in [1.807, 2.05) is 0 Å². The fourth-order valence-electron chi connectivity index (χ4n) is 1.83. The molecule has 0 spiro atoms. The Hall–Kier alpha value is -0.750. The van der Waals surface area contributed by atoms with Crippen molar-refractivity contribution >= 4 is 6.29 Å². The molecular formula is C10H14O5. The first-order chi connectivity index (χ1) is 7.03. The first-order valence-corrected chi connectivity index (χ1v) is 4.84. The summed E-state index contributed by atoms with van der Waals surface area (Å²) in [5.41, 5.74) is 0. The van der Waals surface area contributed by atoms with Crippen molar-refractivity contribution < 1.29 is 24.1 Å². The number of ether oxygens (including phenoxy) is 3. The van der Waals surface area contributed by atoms with E-state index < -0.39 is 30.4 Å². The second-order valence-electron chi connectivity index (χ2n) is 4.08. The first kappa shape index (κ1) is 10.8. The van der Waals surface area contributed by atoms with Gasteiger partial charge in [-0.25, -0.2) is 0 Å². The lowest BCUT2D eigenvalue weighted by molar-refractivity contribution is -0.209. The molecule has 4 atom stereocenters. The lowest BCUT2D eigenvalue weighted by atomic mass is 10.1. The summed E-state index contributed by atoms with van der Waals surface area (Å²) in [5, 5.41) is 9.82. The molecule has 0 aliphatic carbocycles. The van der Waals surface area contributed by atoms with E-state index in [0.29, 0.717) is 6.29 Å². The van der Waals surface area contributed by atoms with Gasteiger partial charge >= 0.3 is 0 Å². The summed E-state index contributed by atoms with van der Waals surface area (Å²) in [4.78, 5) is 10.1. The fraction of sp³-hybridized carbons (Fsp3) is 0.700. The molecular weight excluding hydrogens is 200 g/mol. The van der Waals surface area contributed by atoms with Crippen LogP contribution in [-0.4, -0.2) is 41.8 Å². The van der Waals surface area contributed by atoms with Crippen molar-refractivity contribution in [3.8, 4) is 0 Å². The normalized spacial score (nSPS) is 43.4. The van der Waals surface area contributed by atoms with Gasteiger partial charge in [-0.1, -0.05) is 0 Å². The Morgan fingerprint density at radius 1 is 1.33 bits per heavy atom. The van der Waals surface area contributed by atoms with Crippen LogP contribution in [0.15, 0.2) is 12.2 Å². The molecule has 1 N–H and O–H groups in total. The smallest absolute Gasteiger partial charge is 0.190 e. The molecule has 15 heavy (non-hydrogen) atoms. The van der Waals surface area contributed by atoms with E-state index in [9.17, 15) is 9.90 Å². The maximum Gasteiger partial charge on any atom is 0.190 e. The minimum Gasteiger partial charge on any atom is -0.387 e. The van der Waals surface area contributed by atoms with Crippen LogP contribution in [-0.2, 0) is 19.0 Å². The highest BCUT2D eigenvalue weighted by Crippen LogP contribution is 2.37. The van der Waals surface area contributed by atoms with Crippen molar-refractivity contribution in [3.05, 3.63) is 12.2 Å². The molecule has 2 saturated heterocycles. The molecule has 2 aliphatic rings. The van der Waals surface area contributed by atoms with E-state index in [4.69, 9.17) is 14.2 Å². The van der Waals surface area contributed by atoms with E-state index in [1.54, 1.807) is 13.8 Å². The van der Waals surface area contributed by atoms with Gasteiger partial charge in [-0.3, -0.25) is 4.79 Å². The van der Waals surface area contributed by atoms with Crippen molar-refractivity contribution in [1.82, 2.24) is 0 Å². The van der Waals surface area contributed by atoms with Gasteiger partial charge in [0.2, 0.25) is 0 Å². The maximum atomic E-state index is 10.1. The number of aliphatic hydroxyl groups is 1. The lowest BCUT2D eigenvalue weighted by Crippen LogP contribution is -2.33. The van der Waals surface area contributed by atoms with Gasteiger partial charge < -0.3 is 19.3 Å². The van der Waals surface area contributed by atoms with Crippen LogP contribution in [0.25, 0.3) is 0 Å². The highest BCUT2D eigenvalue weighted by Gasteiger charge is 2.53. The second-order valence-corrected chi connectivity index (χ2v) is 4.08. The molecule has 5 heteroatoms. The molecule has 0 unspecified atom stereocenters. The van der Waals surface area contributed by atoms with Gasteiger partial charge in [-0.15, -0.1) is 0 Å². The van der Waals surface area contributed by atoms with Gasteiger partial charge in [0.1, 0.15) is 24.6 Å². The third kappa shape index (κ3) is 1.96. The van der Waals surface area contributed by atoms with Gasteiger partial charge in [0.05, 0.1) is 0 Å². The van der Waals surface area contributed by atoms with Crippen molar-refractivity contribution in [2.45, 2.75) is 44.2 Å². The molecule has 0 aromatic carbocycles. The molecule has 0 saturated carbocycles. The van der Waals surface area contributed by atoms with E-state index in [1.165, 1.54) is 12.2 Å². The number of aldehydes is 1. The van der Waals surface area contributed by atoms with Crippen molar-refractivity contribution in [2.75, 3.05) is 0 Å². The summed E-state index contributed by atoms with van der Waals surface area (Å²) in [5.74, 6) is -0.727. The number of hydrogen-bond acceptors (Lipinski definition) is 5. The molecule has 0 aromatic rings. The van der Waals surface area contributed by atoms with Crippen molar-refractivity contribution in [2.24, 2.45) is 0 Å². The Morgan fingerprint density at radius 2 is 2.07 bits per heavy atom. The van der Waals surface area contributed by atoms with Gasteiger partial charge in [-0.05, 0) is 26.0 Å². The highest BCUT2D eigenvalue weighted by atomic mass is 16.8. The second kappa shape index (κ2) is 3.68. The summed E-state index contributed by atoms with van der Waals surface area (Å²) in [6.07, 6.45) is 1.04. The van der Waals surface area contributed by atoms with Gasteiger partial charge in [0.15, 0.2) is 12.1 Å². The van der Waals surface area contributed by atoms with Crippen LogP contribution in [0, 0.1) is 0 Å². The van der Waals surface area contributed by atoms with Crippen LogP contribution >= 0.6 is 0 Å². The predicted octanol–water partition coefficient (Wildman–Crippen LogP) is -0.0212. The minimum atomic E-state index is -0.798. The van der Waals surface area contributed by atoms with Crippen LogP contribution in [0.5, 0.6) is 0 Å². The van der Waals surface area contributed by atoms with E-state index in [0.717, 1.165) is 0 Å². The number of aliphatic hydroxyl groups excluding tert-OH is 1. The number of carbonyl (C=O) groups is 1. The molecule has 2 aliphatic heterocycles. The number of hydrogen-bond donors (Lipinski definition) is 1.